The van der Waals surface area contributed by atoms with Gasteiger partial charge in [0.1, 0.15) is 0 Å². The second kappa shape index (κ2) is 13.2. The molecule has 0 amide bonds. The van der Waals surface area contributed by atoms with Crippen LogP contribution in [-0.4, -0.2) is 9.82 Å². The molecule has 4 unspecified atom stereocenters. The van der Waals surface area contributed by atoms with Crippen LogP contribution >= 0.6 is 21.8 Å². The van der Waals surface area contributed by atoms with Crippen molar-refractivity contribution in [1.29, 1.82) is 0 Å². The van der Waals surface area contributed by atoms with E-state index in [9.17, 15) is 0 Å². The molecule has 3 heteroatoms. The van der Waals surface area contributed by atoms with E-state index in [1.807, 2.05) is 0 Å². The van der Waals surface area contributed by atoms with Gasteiger partial charge in [-0.3, -0.25) is 0 Å². The number of hydrogen-bond acceptors (Lipinski definition) is 1. The molecule has 1 nitrogen and oxygen atoms in total. The Morgan fingerprint density at radius 2 is 1.32 bits per heavy atom. The Hall–Kier alpha value is -4.96. The van der Waals surface area contributed by atoms with Crippen LogP contribution in [0.3, 0.4) is 0 Å². The van der Waals surface area contributed by atoms with Crippen LogP contribution in [0.2, 0.25) is 0 Å². The zero-order valence-electron chi connectivity index (χ0n) is 30.2. The lowest BCUT2D eigenvalue weighted by Gasteiger charge is -2.43. The van der Waals surface area contributed by atoms with Crippen molar-refractivity contribution in [3.63, 3.8) is 0 Å². The minimum atomic E-state index is -1.97. The molecule has 0 spiro atoms. The Morgan fingerprint density at radius 3 is 2.08 bits per heavy atom. The minimum absolute atomic E-state index is 0.401. The lowest BCUT2D eigenvalue weighted by Crippen LogP contribution is -2.15. The highest BCUT2D eigenvalue weighted by molar-refractivity contribution is 8.34. The molecule has 7 aromatic rings. The summed E-state index contributed by atoms with van der Waals surface area (Å²) in [4.78, 5) is 6.85. The fourth-order valence-corrected chi connectivity index (χ4v) is 14.8. The van der Waals surface area contributed by atoms with Crippen LogP contribution in [0.25, 0.3) is 38.6 Å². The van der Waals surface area contributed by atoms with Gasteiger partial charge in [0, 0.05) is 58.0 Å². The Labute approximate surface area is 319 Å². The van der Waals surface area contributed by atoms with Crippen LogP contribution in [0, 0.1) is 11.8 Å². The Kier molecular flexibility index (Phi) is 8.11. The van der Waals surface area contributed by atoms with Gasteiger partial charge in [-0.2, -0.15) is 0 Å². The summed E-state index contributed by atoms with van der Waals surface area (Å²) in [6, 6.07) is 55.5. The van der Waals surface area contributed by atoms with Crippen LogP contribution in [0.1, 0.15) is 38.2 Å². The monoisotopic (exact) mass is 721 g/mol. The van der Waals surface area contributed by atoms with Crippen molar-refractivity contribution in [2.24, 2.45) is 11.8 Å². The third-order valence-electron chi connectivity index (χ3n) is 11.7. The van der Waals surface area contributed by atoms with Gasteiger partial charge in [0.15, 0.2) is 0 Å². The number of rotatable bonds is 6. The van der Waals surface area contributed by atoms with Crippen molar-refractivity contribution in [2.45, 2.75) is 62.3 Å². The summed E-state index contributed by atoms with van der Waals surface area (Å²) in [7, 11) is -1.97. The summed E-state index contributed by atoms with van der Waals surface area (Å²) in [6.45, 7) is 4.72. The maximum atomic E-state index is 2.60. The van der Waals surface area contributed by atoms with E-state index >= 15 is 0 Å². The summed E-state index contributed by atoms with van der Waals surface area (Å²) in [5, 5.41) is 3.27. The molecule has 4 atom stereocenters. The summed E-state index contributed by atoms with van der Waals surface area (Å²) in [6.07, 6.45) is 14.1. The maximum Gasteiger partial charge on any atom is 0.0668 e. The Morgan fingerprint density at radius 1 is 0.642 bits per heavy atom. The largest absolute Gasteiger partial charge is 0.312 e. The number of para-hydroxylation sites is 2. The van der Waals surface area contributed by atoms with Gasteiger partial charge < -0.3 is 4.57 Å². The summed E-state index contributed by atoms with van der Waals surface area (Å²) < 4.78 is 2.60. The highest BCUT2D eigenvalue weighted by atomic mass is 32.3. The molecule has 0 radical (unpaired) electrons. The number of nitrogens with zero attached hydrogens (tertiary/aromatic N) is 1. The van der Waals surface area contributed by atoms with E-state index in [1.165, 1.54) is 75.1 Å². The van der Waals surface area contributed by atoms with Crippen molar-refractivity contribution >= 4 is 49.3 Å². The van der Waals surface area contributed by atoms with Crippen molar-refractivity contribution < 1.29 is 0 Å². The van der Waals surface area contributed by atoms with E-state index in [2.05, 4.69) is 206 Å². The quantitative estimate of drug-likeness (QED) is 0.155. The Bertz CT molecular complexity index is 2540. The third-order valence-corrected chi connectivity index (χ3v) is 17.0. The zero-order valence-corrected chi connectivity index (χ0v) is 31.9. The Balaban J connectivity index is 1.22. The fourth-order valence-electron chi connectivity index (χ4n) is 9.13. The standard InChI is InChI=1S/C50H43NS2/c1-34-24-30-42-43-31-27-37(33-48(43)52-47(42)32-34)36-25-28-40(29-26-36)53(38-15-5-3-6-16-38,39-17-7-4-8-18-39)49-23-13-20-44-41-19-10-12-22-46(41)51(50(44)49)45-21-11-9-14-35(45)2/h3-13,15-31,33-35,42,47H,14,32H2,1-2H3. The first-order valence-electron chi connectivity index (χ1n) is 19.0. The smallest absolute Gasteiger partial charge is 0.0668 e. The number of aromatic nitrogens is 1. The van der Waals surface area contributed by atoms with Crippen LogP contribution in [0.4, 0.5) is 0 Å². The predicted molar refractivity (Wildman–Crippen MR) is 227 cm³/mol. The topological polar surface area (TPSA) is 4.93 Å². The first-order chi connectivity index (χ1) is 26.1. The second-order valence-electron chi connectivity index (χ2n) is 15.0. The number of allylic oxidation sites excluding steroid dienone is 6. The van der Waals surface area contributed by atoms with Gasteiger partial charge in [0.05, 0.1) is 11.0 Å². The highest BCUT2D eigenvalue weighted by Gasteiger charge is 2.37. The highest BCUT2D eigenvalue weighted by Crippen LogP contribution is 2.75. The number of hydrogen-bond donors (Lipinski definition) is 0. The molecule has 3 aliphatic rings. The number of thioether (sulfide) groups is 1. The average molecular weight is 722 g/mol. The van der Waals surface area contributed by atoms with Gasteiger partial charge in [-0.15, -0.1) is 21.8 Å². The number of benzene rings is 6. The van der Waals surface area contributed by atoms with Crippen molar-refractivity contribution in [3.8, 4) is 11.1 Å². The summed E-state index contributed by atoms with van der Waals surface area (Å²) in [5.74, 6) is 1.61. The molecular formula is C50H43NS2. The second-order valence-corrected chi connectivity index (χ2v) is 19.3. The summed E-state index contributed by atoms with van der Waals surface area (Å²) in [5.41, 5.74) is 8.01. The normalized spacial score (nSPS) is 21.1. The van der Waals surface area contributed by atoms with Crippen molar-refractivity contribution in [2.75, 3.05) is 0 Å². The van der Waals surface area contributed by atoms with Crippen LogP contribution < -0.4 is 0 Å². The molecule has 1 aromatic heterocycles. The molecule has 0 bridgehead atoms. The molecule has 2 heterocycles. The molecule has 0 saturated heterocycles. The van der Waals surface area contributed by atoms with Crippen molar-refractivity contribution in [3.05, 3.63) is 182 Å². The predicted octanol–water partition coefficient (Wildman–Crippen LogP) is 14.4. The molecule has 2 aliphatic carbocycles. The molecular weight excluding hydrogens is 679 g/mol. The SMILES string of the molecule is CC1C=CC2c3ccc(-c4ccc(S(c5ccccc5)(c5ccccc5)c5cccc6c7ccccc7n(C7=CC=CCC7C)c56)cc4)cc3SC2C1. The lowest BCUT2D eigenvalue weighted by atomic mass is 9.84. The third kappa shape index (κ3) is 5.23. The van der Waals surface area contributed by atoms with Gasteiger partial charge >= 0.3 is 0 Å². The molecule has 260 valence electrons. The van der Waals surface area contributed by atoms with E-state index in [0.717, 1.165) is 6.42 Å². The van der Waals surface area contributed by atoms with Crippen molar-refractivity contribution in [1.82, 2.24) is 4.57 Å². The maximum absolute atomic E-state index is 2.60. The van der Waals surface area contributed by atoms with E-state index in [-0.39, 0.29) is 0 Å². The molecule has 53 heavy (non-hydrogen) atoms. The first kappa shape index (κ1) is 32.7. The minimum Gasteiger partial charge on any atom is -0.312 e. The van der Waals surface area contributed by atoms with Gasteiger partial charge in [0.25, 0.3) is 0 Å². The molecule has 1 aliphatic heterocycles. The van der Waals surface area contributed by atoms with E-state index in [0.29, 0.717) is 23.0 Å². The molecule has 0 N–H and O–H groups in total. The molecule has 0 saturated carbocycles. The van der Waals surface area contributed by atoms with Gasteiger partial charge in [-0.05, 0) is 96.1 Å². The van der Waals surface area contributed by atoms with Crippen LogP contribution in [-0.2, 0) is 0 Å². The van der Waals surface area contributed by atoms with E-state index < -0.39 is 10.0 Å². The molecule has 6 aromatic carbocycles. The lowest BCUT2D eigenvalue weighted by molar-refractivity contribution is 0.565. The summed E-state index contributed by atoms with van der Waals surface area (Å²) >= 11 is 2.09. The van der Waals surface area contributed by atoms with Crippen LogP contribution in [0.15, 0.2) is 200 Å². The molecule has 0 fully saturated rings. The van der Waals surface area contributed by atoms with Gasteiger partial charge in [-0.25, -0.2) is 0 Å². The zero-order chi connectivity index (χ0) is 35.5. The number of fused-ring (bicyclic) bond motifs is 6. The van der Waals surface area contributed by atoms with E-state index in [4.69, 9.17) is 0 Å². The van der Waals surface area contributed by atoms with Gasteiger partial charge in [-0.1, -0.05) is 129 Å². The first-order valence-corrected chi connectivity index (χ1v) is 21.5. The average Bonchev–Trinajstić information content (AvgIpc) is 3.74. The van der Waals surface area contributed by atoms with Gasteiger partial charge in [0.2, 0.25) is 0 Å². The van der Waals surface area contributed by atoms with E-state index in [1.54, 1.807) is 0 Å². The van der Waals surface area contributed by atoms with Crippen LogP contribution in [0.5, 0.6) is 0 Å². The fraction of sp³-hybridized carbons (Fsp3) is 0.160. The molecule has 10 rings (SSSR count).